The van der Waals surface area contributed by atoms with E-state index >= 15 is 0 Å². The number of carbonyl (C=O) groups is 1. The Bertz CT molecular complexity index is 344. The van der Waals surface area contributed by atoms with Gasteiger partial charge in [0.25, 0.3) is 0 Å². The van der Waals surface area contributed by atoms with Crippen LogP contribution in [0.15, 0.2) is 11.8 Å². The maximum Gasteiger partial charge on any atom is 0.335 e. The van der Waals surface area contributed by atoms with Gasteiger partial charge in [-0.15, -0.1) is 0 Å². The van der Waals surface area contributed by atoms with E-state index in [-0.39, 0.29) is 18.2 Å². The highest BCUT2D eigenvalue weighted by Gasteiger charge is 2.31. The smallest absolute Gasteiger partial charge is 0.335 e. The van der Waals surface area contributed by atoms with Crippen LogP contribution >= 0.6 is 0 Å². The van der Waals surface area contributed by atoms with Gasteiger partial charge in [0, 0.05) is 19.3 Å². The van der Waals surface area contributed by atoms with Crippen LogP contribution in [0.3, 0.4) is 0 Å². The third-order valence-electron chi connectivity index (χ3n) is 3.89. The second-order valence-electron chi connectivity index (χ2n) is 5.68. The molecular weight excluding hydrogens is 266 g/mol. The topological polar surface area (TPSA) is 53.6 Å². The Kier molecular flexibility index (Phi) is 8.38. The van der Waals surface area contributed by atoms with Gasteiger partial charge in [-0.25, -0.2) is 4.79 Å². The molecule has 1 heterocycles. The van der Waals surface area contributed by atoms with E-state index in [4.69, 9.17) is 4.74 Å². The minimum Gasteiger partial charge on any atom is -0.466 e. The number of methoxy groups -OCH3 is 1. The number of unbranched alkanes of at least 4 members (excludes halogenated alkanes) is 2. The van der Waals surface area contributed by atoms with Crippen molar-refractivity contribution in [3.63, 3.8) is 0 Å². The number of esters is 1. The molecule has 122 valence electrons. The van der Waals surface area contributed by atoms with Gasteiger partial charge in [-0.05, 0) is 32.4 Å². The van der Waals surface area contributed by atoms with Crippen molar-refractivity contribution < 1.29 is 9.53 Å². The summed E-state index contributed by atoms with van der Waals surface area (Å²) in [6.07, 6.45) is 7.52. The van der Waals surface area contributed by atoms with Crippen LogP contribution in [0.5, 0.6) is 0 Å². The van der Waals surface area contributed by atoms with Crippen LogP contribution in [0.1, 0.15) is 46.0 Å². The summed E-state index contributed by atoms with van der Waals surface area (Å²) in [7, 11) is 3.45. The number of carbonyl (C=O) groups excluding carboxylic acids is 1. The van der Waals surface area contributed by atoms with E-state index in [2.05, 4.69) is 29.4 Å². The third-order valence-corrected chi connectivity index (χ3v) is 3.89. The summed E-state index contributed by atoms with van der Waals surface area (Å²) in [5.41, 5.74) is 0.738. The zero-order valence-corrected chi connectivity index (χ0v) is 13.9. The molecule has 0 aliphatic carbocycles. The Morgan fingerprint density at radius 1 is 1.29 bits per heavy atom. The van der Waals surface area contributed by atoms with Crippen molar-refractivity contribution in [2.75, 3.05) is 27.2 Å². The van der Waals surface area contributed by atoms with Crippen molar-refractivity contribution in [2.24, 2.45) is 0 Å². The monoisotopic (exact) mass is 297 g/mol. The van der Waals surface area contributed by atoms with Gasteiger partial charge in [-0.2, -0.15) is 0 Å². The second-order valence-corrected chi connectivity index (χ2v) is 5.68. The molecule has 0 aromatic carbocycles. The Hall–Kier alpha value is -1.07. The first kappa shape index (κ1) is 18.0. The highest BCUT2D eigenvalue weighted by Crippen LogP contribution is 2.20. The lowest BCUT2D eigenvalue weighted by Gasteiger charge is -2.39. The van der Waals surface area contributed by atoms with Crippen molar-refractivity contribution >= 4 is 5.97 Å². The molecule has 0 amide bonds. The van der Waals surface area contributed by atoms with E-state index in [1.54, 1.807) is 0 Å². The van der Waals surface area contributed by atoms with E-state index in [1.807, 2.05) is 13.2 Å². The van der Waals surface area contributed by atoms with Crippen LogP contribution in [-0.4, -0.2) is 50.3 Å². The fourth-order valence-electron chi connectivity index (χ4n) is 2.64. The van der Waals surface area contributed by atoms with Crippen LogP contribution in [0.4, 0.5) is 0 Å². The van der Waals surface area contributed by atoms with E-state index in [0.717, 1.165) is 25.1 Å². The number of likely N-dealkylation sites (N-methyl/N-ethyl adjacent to an activating group) is 1. The fraction of sp³-hybridized carbons (Fsp3) is 0.812. The van der Waals surface area contributed by atoms with Crippen LogP contribution in [0, 0.1) is 0 Å². The van der Waals surface area contributed by atoms with Gasteiger partial charge in [0.15, 0.2) is 0 Å². The maximum atomic E-state index is 11.8. The van der Waals surface area contributed by atoms with Crippen molar-refractivity contribution in [1.82, 2.24) is 15.5 Å². The Morgan fingerprint density at radius 2 is 1.90 bits per heavy atom. The summed E-state index contributed by atoms with van der Waals surface area (Å²) in [5, 5.41) is 7.18. The molecule has 0 saturated carbocycles. The summed E-state index contributed by atoms with van der Waals surface area (Å²) in [6, 6.07) is 0.234. The van der Waals surface area contributed by atoms with Crippen LogP contribution < -0.4 is 10.6 Å². The minimum absolute atomic E-state index is 0.224. The van der Waals surface area contributed by atoms with Gasteiger partial charge in [0.05, 0.1) is 18.8 Å². The number of nitrogens with one attached hydrogen (secondary N) is 2. The molecule has 0 radical (unpaired) electrons. The molecule has 0 aromatic rings. The van der Waals surface area contributed by atoms with E-state index < -0.39 is 0 Å². The minimum atomic E-state index is -0.226. The van der Waals surface area contributed by atoms with E-state index in [1.165, 1.54) is 26.4 Å². The number of hydrogen-bond acceptors (Lipinski definition) is 5. The van der Waals surface area contributed by atoms with E-state index in [9.17, 15) is 4.79 Å². The van der Waals surface area contributed by atoms with Crippen LogP contribution in [-0.2, 0) is 9.53 Å². The predicted molar refractivity (Wildman–Crippen MR) is 85.9 cm³/mol. The normalized spacial score (nSPS) is 22.1. The molecule has 21 heavy (non-hydrogen) atoms. The Balaban J connectivity index is 2.70. The molecule has 0 aromatic heterocycles. The number of ether oxygens (including phenoxy) is 1. The molecular formula is C16H31N3O2. The Morgan fingerprint density at radius 3 is 2.48 bits per heavy atom. The molecule has 0 spiro atoms. The first-order chi connectivity index (χ1) is 10.1. The van der Waals surface area contributed by atoms with Gasteiger partial charge in [-0.3, -0.25) is 5.32 Å². The number of rotatable bonds is 9. The van der Waals surface area contributed by atoms with Crippen molar-refractivity contribution in [3.8, 4) is 0 Å². The lowest BCUT2D eigenvalue weighted by molar-refractivity contribution is -0.136. The third kappa shape index (κ3) is 5.67. The van der Waals surface area contributed by atoms with Gasteiger partial charge in [-0.1, -0.05) is 26.7 Å². The summed E-state index contributed by atoms with van der Waals surface area (Å²) in [6.45, 7) is 6.36. The van der Waals surface area contributed by atoms with Gasteiger partial charge < -0.3 is 15.0 Å². The standard InChI is InChI=1S/C16H31N3O2/c1-5-7-9-17-14-11-13(16(20)21-4)12-19(3)15(14)18-10-8-6-2/h12,14-15,17-18H,5-11H2,1-4H3/t14-,15-/m0/s1. The lowest BCUT2D eigenvalue weighted by atomic mass is 9.99. The molecule has 5 nitrogen and oxygen atoms in total. The van der Waals surface area contributed by atoms with Gasteiger partial charge in [0.1, 0.15) is 0 Å². The molecule has 0 fully saturated rings. The summed E-state index contributed by atoms with van der Waals surface area (Å²) in [5.74, 6) is -0.226. The molecule has 1 aliphatic rings. The molecule has 1 aliphatic heterocycles. The molecule has 2 N–H and O–H groups in total. The van der Waals surface area contributed by atoms with Crippen molar-refractivity contribution in [3.05, 3.63) is 11.8 Å². The Labute approximate surface area is 129 Å². The first-order valence-corrected chi connectivity index (χ1v) is 8.11. The fourth-order valence-corrected chi connectivity index (χ4v) is 2.64. The van der Waals surface area contributed by atoms with Crippen LogP contribution in [0.2, 0.25) is 0 Å². The largest absolute Gasteiger partial charge is 0.466 e. The lowest BCUT2D eigenvalue weighted by Crippen LogP contribution is -2.57. The quantitative estimate of drug-likeness (QED) is 0.502. The molecule has 0 saturated heterocycles. The molecule has 5 heteroatoms. The number of hydrogen-bond donors (Lipinski definition) is 2. The molecule has 1 rings (SSSR count). The van der Waals surface area contributed by atoms with E-state index in [0.29, 0.717) is 6.42 Å². The summed E-state index contributed by atoms with van der Waals surface area (Å²) >= 11 is 0. The van der Waals surface area contributed by atoms with Crippen LogP contribution in [0.25, 0.3) is 0 Å². The average molecular weight is 297 g/mol. The highest BCUT2D eigenvalue weighted by molar-refractivity contribution is 5.88. The molecule has 0 bridgehead atoms. The highest BCUT2D eigenvalue weighted by atomic mass is 16.5. The molecule has 2 atom stereocenters. The SMILES string of the molecule is CCCCN[C@H]1CC(C(=O)OC)=CN(C)[C@@H]1NCCCC. The van der Waals surface area contributed by atoms with Gasteiger partial charge in [0.2, 0.25) is 0 Å². The summed E-state index contributed by atoms with van der Waals surface area (Å²) in [4.78, 5) is 13.9. The first-order valence-electron chi connectivity index (χ1n) is 8.11. The average Bonchev–Trinajstić information content (AvgIpc) is 2.49. The summed E-state index contributed by atoms with van der Waals surface area (Å²) < 4.78 is 4.86. The van der Waals surface area contributed by atoms with Crippen molar-refractivity contribution in [1.29, 1.82) is 0 Å². The maximum absolute atomic E-state index is 11.8. The zero-order valence-electron chi connectivity index (χ0n) is 13.9. The molecule has 0 unspecified atom stereocenters. The van der Waals surface area contributed by atoms with Gasteiger partial charge >= 0.3 is 5.97 Å². The zero-order chi connectivity index (χ0) is 15.7. The predicted octanol–water partition coefficient (Wildman–Crippen LogP) is 1.85. The number of nitrogens with zero attached hydrogens (tertiary/aromatic N) is 1. The van der Waals surface area contributed by atoms with Crippen molar-refractivity contribution in [2.45, 2.75) is 58.2 Å². The second kappa shape index (κ2) is 9.79.